The lowest BCUT2D eigenvalue weighted by Crippen LogP contribution is -2.49. The van der Waals surface area contributed by atoms with E-state index in [1.807, 2.05) is 49.4 Å². The molecule has 0 radical (unpaired) electrons. The molecule has 8 heteroatoms. The number of hydrogen-bond acceptors (Lipinski definition) is 5. The number of ether oxygens (including phenoxy) is 1. The molecule has 1 heterocycles. The van der Waals surface area contributed by atoms with Gasteiger partial charge in [-0.1, -0.05) is 49.2 Å². The van der Waals surface area contributed by atoms with Crippen molar-refractivity contribution in [3.05, 3.63) is 83.8 Å². The van der Waals surface area contributed by atoms with Gasteiger partial charge in [-0.05, 0) is 55.2 Å². The minimum atomic E-state index is -0.962. The van der Waals surface area contributed by atoms with Crippen LogP contribution < -0.4 is 20.3 Å². The maximum absolute atomic E-state index is 13.8. The van der Waals surface area contributed by atoms with Crippen LogP contribution >= 0.6 is 0 Å². The molecule has 0 unspecified atom stereocenters. The van der Waals surface area contributed by atoms with Crippen molar-refractivity contribution in [1.29, 1.82) is 0 Å². The van der Waals surface area contributed by atoms with E-state index in [1.54, 1.807) is 12.1 Å². The molecule has 3 amide bonds. The van der Waals surface area contributed by atoms with Crippen LogP contribution in [0, 0.1) is 6.92 Å². The van der Waals surface area contributed by atoms with Crippen LogP contribution in [0.1, 0.15) is 53.4 Å². The van der Waals surface area contributed by atoms with Crippen molar-refractivity contribution >= 4 is 23.4 Å². The molecule has 2 N–H and O–H groups in total. The molecule has 1 atom stereocenters. The topological polar surface area (TPSA) is 101 Å². The molecular weight excluding hydrogens is 458 g/mol. The van der Waals surface area contributed by atoms with Crippen LogP contribution in [0.15, 0.2) is 71.3 Å². The van der Waals surface area contributed by atoms with Gasteiger partial charge in [0.15, 0.2) is 5.76 Å². The van der Waals surface area contributed by atoms with Gasteiger partial charge in [-0.15, -0.1) is 0 Å². The number of methoxy groups -OCH3 is 1. The van der Waals surface area contributed by atoms with Crippen LogP contribution in [0.3, 0.4) is 0 Å². The quantitative estimate of drug-likeness (QED) is 0.470. The second-order valence-electron chi connectivity index (χ2n) is 8.90. The number of rotatable bonds is 9. The Bertz CT molecular complexity index is 1190. The first-order valence-electron chi connectivity index (χ1n) is 12.1. The largest absolute Gasteiger partial charge is 0.495 e. The highest BCUT2D eigenvalue weighted by atomic mass is 16.5. The Morgan fingerprint density at radius 1 is 1.06 bits per heavy atom. The number of carbonyl (C=O) groups is 3. The summed E-state index contributed by atoms with van der Waals surface area (Å²) in [6, 6.07) is 16.8. The fourth-order valence-electron chi connectivity index (χ4n) is 4.54. The Labute approximate surface area is 210 Å². The summed E-state index contributed by atoms with van der Waals surface area (Å²) in [6.45, 7) is 1.57. The van der Waals surface area contributed by atoms with Crippen molar-refractivity contribution in [1.82, 2.24) is 10.6 Å². The summed E-state index contributed by atoms with van der Waals surface area (Å²) in [7, 11) is 1.52. The highest BCUT2D eigenvalue weighted by Gasteiger charge is 2.35. The van der Waals surface area contributed by atoms with E-state index in [2.05, 4.69) is 10.6 Å². The first kappa shape index (κ1) is 25.0. The lowest BCUT2D eigenvalue weighted by atomic mass is 10.0. The van der Waals surface area contributed by atoms with Gasteiger partial charge in [0.1, 0.15) is 11.8 Å². The minimum absolute atomic E-state index is 0.0683. The van der Waals surface area contributed by atoms with Crippen molar-refractivity contribution in [2.24, 2.45) is 0 Å². The second-order valence-corrected chi connectivity index (χ2v) is 8.90. The molecule has 8 nitrogen and oxygen atoms in total. The molecule has 1 aliphatic rings. The van der Waals surface area contributed by atoms with Crippen LogP contribution in [0.4, 0.5) is 5.69 Å². The summed E-state index contributed by atoms with van der Waals surface area (Å²) in [4.78, 5) is 41.5. The number of amides is 3. The number of nitrogens with one attached hydrogen (secondary N) is 2. The predicted octanol–water partition coefficient (Wildman–Crippen LogP) is 4.16. The number of anilines is 1. The predicted molar refractivity (Wildman–Crippen MR) is 136 cm³/mol. The first-order valence-corrected chi connectivity index (χ1v) is 12.1. The van der Waals surface area contributed by atoms with Crippen molar-refractivity contribution < 1.29 is 23.5 Å². The maximum atomic E-state index is 13.8. The van der Waals surface area contributed by atoms with E-state index in [0.29, 0.717) is 17.0 Å². The molecular formula is C28H31N3O5. The average molecular weight is 490 g/mol. The summed E-state index contributed by atoms with van der Waals surface area (Å²) in [5, 5.41) is 5.76. The molecule has 0 bridgehead atoms. The number of nitrogens with zero attached hydrogens (tertiary/aromatic N) is 1. The molecule has 1 aromatic heterocycles. The van der Waals surface area contributed by atoms with Crippen LogP contribution in [0.25, 0.3) is 0 Å². The van der Waals surface area contributed by atoms with Gasteiger partial charge in [-0.3, -0.25) is 19.3 Å². The van der Waals surface area contributed by atoms with E-state index in [0.717, 1.165) is 31.2 Å². The van der Waals surface area contributed by atoms with E-state index < -0.39 is 17.9 Å². The molecule has 0 saturated heterocycles. The smallest absolute Gasteiger partial charge is 0.287 e. The summed E-state index contributed by atoms with van der Waals surface area (Å²) in [6.07, 6.45) is 5.34. The lowest BCUT2D eigenvalue weighted by molar-refractivity contribution is -0.126. The minimum Gasteiger partial charge on any atom is -0.495 e. The first-order chi connectivity index (χ1) is 17.5. The Morgan fingerprint density at radius 2 is 1.81 bits per heavy atom. The van der Waals surface area contributed by atoms with Gasteiger partial charge in [0.05, 0.1) is 25.6 Å². The van der Waals surface area contributed by atoms with Gasteiger partial charge < -0.3 is 19.8 Å². The molecule has 2 aromatic carbocycles. The van der Waals surface area contributed by atoms with E-state index in [9.17, 15) is 14.4 Å². The van der Waals surface area contributed by atoms with Gasteiger partial charge in [-0.2, -0.15) is 0 Å². The van der Waals surface area contributed by atoms with E-state index in [1.165, 1.54) is 24.3 Å². The summed E-state index contributed by atoms with van der Waals surface area (Å²) in [5.41, 5.74) is 2.00. The number of furan rings is 1. The maximum Gasteiger partial charge on any atom is 0.287 e. The molecule has 188 valence electrons. The van der Waals surface area contributed by atoms with Crippen molar-refractivity contribution in [2.75, 3.05) is 18.6 Å². The van der Waals surface area contributed by atoms with E-state index in [-0.39, 0.29) is 24.3 Å². The number of hydrogen-bond donors (Lipinski definition) is 2. The number of aryl methyl sites for hydroxylation is 1. The molecule has 36 heavy (non-hydrogen) atoms. The van der Waals surface area contributed by atoms with E-state index in [4.69, 9.17) is 9.15 Å². The zero-order valence-electron chi connectivity index (χ0n) is 20.5. The Kier molecular flexibility index (Phi) is 8.05. The van der Waals surface area contributed by atoms with Crippen molar-refractivity contribution in [3.8, 4) is 5.75 Å². The van der Waals surface area contributed by atoms with Gasteiger partial charge in [0, 0.05) is 6.04 Å². The Balaban J connectivity index is 1.73. The highest BCUT2D eigenvalue weighted by Crippen LogP contribution is 2.36. The Morgan fingerprint density at radius 3 is 2.47 bits per heavy atom. The van der Waals surface area contributed by atoms with Gasteiger partial charge in [0.25, 0.3) is 5.91 Å². The molecule has 4 rings (SSSR count). The fourth-order valence-corrected chi connectivity index (χ4v) is 4.54. The SMILES string of the molecule is COc1ccc(C)cc1N(C(=O)CNC(=O)c1ccco1)[C@H](C(=O)NC1CCCC1)c1ccccc1. The zero-order chi connectivity index (χ0) is 25.5. The van der Waals surface area contributed by atoms with Gasteiger partial charge >= 0.3 is 0 Å². The Hall–Kier alpha value is -4.07. The molecule has 0 spiro atoms. The summed E-state index contributed by atoms with van der Waals surface area (Å²) < 4.78 is 10.7. The summed E-state index contributed by atoms with van der Waals surface area (Å²) >= 11 is 0. The van der Waals surface area contributed by atoms with Crippen LogP contribution in [-0.4, -0.2) is 37.4 Å². The fraction of sp³-hybridized carbons (Fsp3) is 0.321. The molecule has 3 aromatic rings. The third-order valence-corrected chi connectivity index (χ3v) is 6.33. The van der Waals surface area contributed by atoms with Crippen LogP contribution in [0.2, 0.25) is 0 Å². The van der Waals surface area contributed by atoms with Crippen LogP contribution in [-0.2, 0) is 9.59 Å². The second kappa shape index (κ2) is 11.6. The van der Waals surface area contributed by atoms with Gasteiger partial charge in [-0.25, -0.2) is 0 Å². The van der Waals surface area contributed by atoms with E-state index >= 15 is 0 Å². The standard InChI is InChI=1S/C28H31N3O5/c1-19-14-15-23(35-2)22(17-19)31(25(32)18-29-27(33)24-13-8-16-36-24)26(20-9-4-3-5-10-20)28(34)30-21-11-6-7-12-21/h3-5,8-10,13-17,21,26H,6-7,11-12,18H2,1-2H3,(H,29,33)(H,30,34)/t26-/m0/s1. The van der Waals surface area contributed by atoms with Crippen molar-refractivity contribution in [2.45, 2.75) is 44.7 Å². The van der Waals surface area contributed by atoms with Gasteiger partial charge in [0.2, 0.25) is 11.8 Å². The lowest BCUT2D eigenvalue weighted by Gasteiger charge is -2.33. The normalized spacial score (nSPS) is 14.2. The molecule has 1 fully saturated rings. The monoisotopic (exact) mass is 489 g/mol. The molecule has 0 aliphatic heterocycles. The van der Waals surface area contributed by atoms with Crippen LogP contribution in [0.5, 0.6) is 5.75 Å². The van der Waals surface area contributed by atoms with Crippen molar-refractivity contribution in [3.63, 3.8) is 0 Å². The third-order valence-electron chi connectivity index (χ3n) is 6.33. The number of carbonyl (C=O) groups excluding carboxylic acids is 3. The average Bonchev–Trinajstić information content (AvgIpc) is 3.61. The highest BCUT2D eigenvalue weighted by molar-refractivity contribution is 6.05. The zero-order valence-corrected chi connectivity index (χ0v) is 20.5. The number of benzene rings is 2. The molecule has 1 saturated carbocycles. The molecule has 1 aliphatic carbocycles. The third kappa shape index (κ3) is 5.76. The summed E-state index contributed by atoms with van der Waals surface area (Å²) in [5.74, 6) is -0.713.